The van der Waals surface area contributed by atoms with Gasteiger partial charge in [-0.1, -0.05) is 19.8 Å². The van der Waals surface area contributed by atoms with Gasteiger partial charge >= 0.3 is 0 Å². The predicted octanol–water partition coefficient (Wildman–Crippen LogP) is 2.17. The van der Waals surface area contributed by atoms with E-state index >= 15 is 0 Å². The fourth-order valence-corrected chi connectivity index (χ4v) is 3.12. The zero-order valence-electron chi connectivity index (χ0n) is 11.3. The van der Waals surface area contributed by atoms with Gasteiger partial charge in [-0.25, -0.2) is 0 Å². The first-order valence-corrected chi connectivity index (χ1v) is 7.89. The lowest BCUT2D eigenvalue weighted by Crippen LogP contribution is -2.43. The van der Waals surface area contributed by atoms with Crippen molar-refractivity contribution in [3.63, 3.8) is 0 Å². The highest BCUT2D eigenvalue weighted by Crippen LogP contribution is 2.39. The Bertz CT molecular complexity index is 240. The van der Waals surface area contributed by atoms with Crippen molar-refractivity contribution in [2.45, 2.75) is 56.7 Å². The van der Waals surface area contributed by atoms with Gasteiger partial charge in [0.2, 0.25) is 5.91 Å². The number of thioether (sulfide) groups is 1. The highest BCUT2D eigenvalue weighted by molar-refractivity contribution is 8.00. The van der Waals surface area contributed by atoms with Crippen LogP contribution in [0.2, 0.25) is 0 Å². The molecule has 0 heterocycles. The molecule has 2 N–H and O–H groups in total. The summed E-state index contributed by atoms with van der Waals surface area (Å²) in [6, 6.07) is 0.418. The molecule has 0 spiro atoms. The molecular weight excluding hydrogens is 232 g/mol. The first kappa shape index (κ1) is 14.8. The van der Waals surface area contributed by atoms with Crippen LogP contribution in [0.15, 0.2) is 0 Å². The number of rotatable bonds is 7. The van der Waals surface area contributed by atoms with Crippen LogP contribution in [-0.2, 0) is 4.79 Å². The zero-order valence-corrected chi connectivity index (χ0v) is 12.2. The van der Waals surface area contributed by atoms with E-state index in [1.54, 1.807) is 0 Å². The van der Waals surface area contributed by atoms with E-state index < -0.39 is 0 Å². The maximum absolute atomic E-state index is 11.7. The van der Waals surface area contributed by atoms with E-state index in [-0.39, 0.29) is 5.91 Å². The van der Waals surface area contributed by atoms with Gasteiger partial charge in [-0.2, -0.15) is 11.8 Å². The van der Waals surface area contributed by atoms with Crippen LogP contribution in [0.1, 0.15) is 46.0 Å². The minimum Gasteiger partial charge on any atom is -0.354 e. The molecule has 4 heteroatoms. The van der Waals surface area contributed by atoms with Gasteiger partial charge in [-0.15, -0.1) is 0 Å². The third-order valence-electron chi connectivity index (χ3n) is 3.78. The Morgan fingerprint density at radius 1 is 1.41 bits per heavy atom. The average Bonchev–Trinajstić information content (AvgIpc) is 2.82. The Hall–Kier alpha value is -0.220. The van der Waals surface area contributed by atoms with Crippen molar-refractivity contribution in [1.82, 2.24) is 10.6 Å². The second kappa shape index (κ2) is 7.27. The van der Waals surface area contributed by atoms with Crippen LogP contribution in [0.25, 0.3) is 0 Å². The summed E-state index contributed by atoms with van der Waals surface area (Å²) in [5.74, 6) is 0.130. The summed E-state index contributed by atoms with van der Waals surface area (Å²) in [6.45, 7) is 5.50. The van der Waals surface area contributed by atoms with Crippen molar-refractivity contribution in [1.29, 1.82) is 0 Å². The summed E-state index contributed by atoms with van der Waals surface area (Å²) < 4.78 is 0.312. The normalized spacial score (nSPS) is 20.2. The summed E-state index contributed by atoms with van der Waals surface area (Å²) in [6.07, 6.45) is 8.32. The van der Waals surface area contributed by atoms with E-state index in [1.807, 2.05) is 11.8 Å². The Balaban J connectivity index is 2.22. The molecule has 0 aromatic heterocycles. The molecule has 0 saturated heterocycles. The molecule has 1 aliphatic rings. The van der Waals surface area contributed by atoms with Crippen LogP contribution < -0.4 is 10.6 Å². The molecule has 3 nitrogen and oxygen atoms in total. The van der Waals surface area contributed by atoms with Crippen LogP contribution in [0.3, 0.4) is 0 Å². The molecule has 0 aliphatic heterocycles. The summed E-state index contributed by atoms with van der Waals surface area (Å²) in [5.41, 5.74) is 0. The standard InChI is InChI=1S/C13H26N2OS/c1-4-11(2)14-9-12(16)15-10-13(17-3)7-5-6-8-13/h11,14H,4-10H2,1-3H3,(H,15,16). The molecule has 1 saturated carbocycles. The molecule has 17 heavy (non-hydrogen) atoms. The van der Waals surface area contributed by atoms with Crippen LogP contribution in [-0.4, -0.2) is 36.0 Å². The van der Waals surface area contributed by atoms with E-state index in [0.717, 1.165) is 13.0 Å². The molecule has 1 fully saturated rings. The Labute approximate surface area is 109 Å². The summed E-state index contributed by atoms with van der Waals surface area (Å²) in [4.78, 5) is 11.7. The summed E-state index contributed by atoms with van der Waals surface area (Å²) in [5, 5.41) is 6.29. The largest absolute Gasteiger partial charge is 0.354 e. The third-order valence-corrected chi connectivity index (χ3v) is 5.20. The molecule has 1 unspecified atom stereocenters. The van der Waals surface area contributed by atoms with Gasteiger partial charge in [0, 0.05) is 17.3 Å². The average molecular weight is 258 g/mol. The summed E-state index contributed by atoms with van der Waals surface area (Å²) in [7, 11) is 0. The molecule has 0 aromatic carbocycles. The fraction of sp³-hybridized carbons (Fsp3) is 0.923. The van der Waals surface area contributed by atoms with E-state index in [0.29, 0.717) is 17.3 Å². The highest BCUT2D eigenvalue weighted by Gasteiger charge is 2.33. The van der Waals surface area contributed by atoms with E-state index in [4.69, 9.17) is 0 Å². The van der Waals surface area contributed by atoms with Crippen molar-refractivity contribution in [2.24, 2.45) is 0 Å². The lowest BCUT2D eigenvalue weighted by atomic mass is 10.1. The van der Waals surface area contributed by atoms with Gasteiger partial charge < -0.3 is 10.6 Å². The molecule has 0 radical (unpaired) electrons. The summed E-state index contributed by atoms with van der Waals surface area (Å²) >= 11 is 1.92. The van der Waals surface area contributed by atoms with E-state index in [2.05, 4.69) is 30.7 Å². The minimum absolute atomic E-state index is 0.130. The lowest BCUT2D eigenvalue weighted by Gasteiger charge is -2.27. The molecule has 1 rings (SSSR count). The van der Waals surface area contributed by atoms with Gasteiger partial charge in [0.15, 0.2) is 0 Å². The van der Waals surface area contributed by atoms with Crippen LogP contribution >= 0.6 is 11.8 Å². The van der Waals surface area contributed by atoms with E-state index in [9.17, 15) is 4.79 Å². The Kier molecular flexibility index (Phi) is 6.34. The topological polar surface area (TPSA) is 41.1 Å². The van der Waals surface area contributed by atoms with E-state index in [1.165, 1.54) is 25.7 Å². The number of hydrogen-bond acceptors (Lipinski definition) is 3. The monoisotopic (exact) mass is 258 g/mol. The van der Waals surface area contributed by atoms with Crippen LogP contribution in [0, 0.1) is 0 Å². The second-order valence-electron chi connectivity index (χ2n) is 5.06. The third kappa shape index (κ3) is 4.88. The SMILES string of the molecule is CCC(C)NCC(=O)NCC1(SC)CCCC1. The van der Waals surface area contributed by atoms with Crippen molar-refractivity contribution in [2.75, 3.05) is 19.3 Å². The number of nitrogens with one attached hydrogen (secondary N) is 2. The molecule has 0 bridgehead atoms. The molecule has 1 amide bonds. The van der Waals surface area contributed by atoms with Crippen LogP contribution in [0.4, 0.5) is 0 Å². The van der Waals surface area contributed by atoms with Gasteiger partial charge in [0.1, 0.15) is 0 Å². The molecule has 0 aromatic rings. The molecular formula is C13H26N2OS. The number of carbonyl (C=O) groups excluding carboxylic acids is 1. The number of hydrogen-bond donors (Lipinski definition) is 2. The van der Waals surface area contributed by atoms with Crippen molar-refractivity contribution >= 4 is 17.7 Å². The van der Waals surface area contributed by atoms with Crippen molar-refractivity contribution in [3.8, 4) is 0 Å². The van der Waals surface area contributed by atoms with Crippen LogP contribution in [0.5, 0.6) is 0 Å². The maximum atomic E-state index is 11.7. The quantitative estimate of drug-likeness (QED) is 0.735. The Morgan fingerprint density at radius 3 is 2.59 bits per heavy atom. The first-order valence-electron chi connectivity index (χ1n) is 6.67. The smallest absolute Gasteiger partial charge is 0.234 e. The Morgan fingerprint density at radius 2 is 2.06 bits per heavy atom. The number of carbonyl (C=O) groups is 1. The highest BCUT2D eigenvalue weighted by atomic mass is 32.2. The van der Waals surface area contributed by atoms with Crippen molar-refractivity contribution < 1.29 is 4.79 Å². The predicted molar refractivity (Wildman–Crippen MR) is 75.5 cm³/mol. The molecule has 100 valence electrons. The minimum atomic E-state index is 0.130. The first-order chi connectivity index (χ1) is 8.12. The fourth-order valence-electron chi connectivity index (χ4n) is 2.21. The van der Waals surface area contributed by atoms with Crippen molar-refractivity contribution in [3.05, 3.63) is 0 Å². The molecule has 1 aliphatic carbocycles. The maximum Gasteiger partial charge on any atom is 0.234 e. The second-order valence-corrected chi connectivity index (χ2v) is 6.34. The zero-order chi connectivity index (χ0) is 12.7. The van der Waals surface area contributed by atoms with Gasteiger partial charge in [0.25, 0.3) is 0 Å². The lowest BCUT2D eigenvalue weighted by molar-refractivity contribution is -0.120. The van der Waals surface area contributed by atoms with Gasteiger partial charge in [0.05, 0.1) is 6.54 Å². The molecule has 1 atom stereocenters. The van der Waals surface area contributed by atoms with Gasteiger partial charge in [-0.3, -0.25) is 4.79 Å². The number of amides is 1. The van der Waals surface area contributed by atoms with Gasteiger partial charge in [-0.05, 0) is 32.4 Å².